The average molecular weight is 335 g/mol. The smallest absolute Gasteiger partial charge is 0.354 e. The summed E-state index contributed by atoms with van der Waals surface area (Å²) < 4.78 is 1.77. The van der Waals surface area contributed by atoms with Gasteiger partial charge in [-0.1, -0.05) is 37.6 Å². The van der Waals surface area contributed by atoms with Crippen molar-refractivity contribution in [2.45, 2.75) is 26.7 Å². The van der Waals surface area contributed by atoms with E-state index in [1.807, 2.05) is 31.2 Å². The minimum Gasteiger partial charge on any atom is -0.477 e. The Labute approximate surface area is 137 Å². The minimum atomic E-state index is -0.944. The summed E-state index contributed by atoms with van der Waals surface area (Å²) in [5, 5.41) is 10.3. The highest BCUT2D eigenvalue weighted by Crippen LogP contribution is 2.35. The molecule has 22 heavy (non-hydrogen) atoms. The number of nitrogens with zero attached hydrogens (tertiary/aromatic N) is 2. The Bertz CT molecular complexity index is 849. The van der Waals surface area contributed by atoms with E-state index in [-0.39, 0.29) is 5.69 Å². The molecule has 6 heteroatoms. The van der Waals surface area contributed by atoms with Crippen LogP contribution >= 0.6 is 22.9 Å². The Morgan fingerprint density at radius 2 is 1.95 bits per heavy atom. The average Bonchev–Trinajstić information content (AvgIpc) is 3.02. The van der Waals surface area contributed by atoms with Crippen molar-refractivity contribution in [3.05, 3.63) is 45.6 Å². The molecule has 0 aliphatic rings. The van der Waals surface area contributed by atoms with Crippen LogP contribution in [-0.2, 0) is 12.8 Å². The summed E-state index contributed by atoms with van der Waals surface area (Å²) in [7, 11) is 0. The van der Waals surface area contributed by atoms with E-state index in [4.69, 9.17) is 11.6 Å². The van der Waals surface area contributed by atoms with Crippen molar-refractivity contribution in [3.63, 3.8) is 0 Å². The van der Waals surface area contributed by atoms with Crippen LogP contribution in [0.4, 0.5) is 0 Å². The number of aromatic nitrogens is 2. The SMILES string of the molecule is CCc1nc2sc(CC)c(-c3ccc(Cl)cc3)n2c1C(=O)O. The number of hydrogen-bond donors (Lipinski definition) is 1. The van der Waals surface area contributed by atoms with Crippen LogP contribution in [0.1, 0.15) is 34.9 Å². The molecule has 0 amide bonds. The zero-order valence-electron chi connectivity index (χ0n) is 12.3. The summed E-state index contributed by atoms with van der Waals surface area (Å²) in [5.41, 5.74) is 2.74. The molecule has 0 radical (unpaired) electrons. The second-order valence-corrected chi connectivity index (χ2v) is 6.42. The first-order valence-corrected chi connectivity index (χ1v) is 8.28. The predicted molar refractivity (Wildman–Crippen MR) is 89.2 cm³/mol. The summed E-state index contributed by atoms with van der Waals surface area (Å²) in [6, 6.07) is 7.47. The van der Waals surface area contributed by atoms with Crippen molar-refractivity contribution >= 4 is 33.9 Å². The molecule has 0 bridgehead atoms. The van der Waals surface area contributed by atoms with Crippen molar-refractivity contribution in [2.75, 3.05) is 0 Å². The number of rotatable bonds is 4. The molecule has 3 rings (SSSR count). The van der Waals surface area contributed by atoms with Crippen molar-refractivity contribution in [1.29, 1.82) is 0 Å². The Balaban J connectivity index is 2.37. The highest BCUT2D eigenvalue weighted by atomic mass is 35.5. The number of thiazole rings is 1. The lowest BCUT2D eigenvalue weighted by Gasteiger charge is -2.06. The molecule has 2 heterocycles. The first-order chi connectivity index (χ1) is 10.6. The lowest BCUT2D eigenvalue weighted by Crippen LogP contribution is -2.06. The number of carboxylic acid groups (broad SMARTS) is 1. The van der Waals surface area contributed by atoms with Gasteiger partial charge in [-0.25, -0.2) is 9.78 Å². The van der Waals surface area contributed by atoms with Gasteiger partial charge in [0.2, 0.25) is 0 Å². The fourth-order valence-corrected chi connectivity index (χ4v) is 3.83. The van der Waals surface area contributed by atoms with E-state index in [9.17, 15) is 9.90 Å². The number of halogens is 1. The fourth-order valence-electron chi connectivity index (χ4n) is 2.61. The van der Waals surface area contributed by atoms with E-state index in [0.717, 1.165) is 27.5 Å². The highest BCUT2D eigenvalue weighted by Gasteiger charge is 2.24. The van der Waals surface area contributed by atoms with Crippen LogP contribution in [0.5, 0.6) is 0 Å². The largest absolute Gasteiger partial charge is 0.477 e. The zero-order chi connectivity index (χ0) is 15.9. The van der Waals surface area contributed by atoms with E-state index >= 15 is 0 Å². The molecule has 4 nitrogen and oxygen atoms in total. The molecule has 1 aromatic carbocycles. The molecule has 0 fully saturated rings. The maximum absolute atomic E-state index is 11.7. The van der Waals surface area contributed by atoms with Crippen molar-refractivity contribution in [2.24, 2.45) is 0 Å². The van der Waals surface area contributed by atoms with Gasteiger partial charge >= 0.3 is 5.97 Å². The summed E-state index contributed by atoms with van der Waals surface area (Å²) in [6.07, 6.45) is 1.42. The molecule has 2 aromatic heterocycles. The van der Waals surface area contributed by atoms with Crippen molar-refractivity contribution < 1.29 is 9.90 Å². The van der Waals surface area contributed by atoms with Crippen molar-refractivity contribution in [1.82, 2.24) is 9.38 Å². The predicted octanol–water partition coefficient (Wildman–Crippen LogP) is 4.54. The first-order valence-electron chi connectivity index (χ1n) is 7.09. The molecule has 0 aliphatic carbocycles. The van der Waals surface area contributed by atoms with E-state index in [1.165, 1.54) is 0 Å². The van der Waals surface area contributed by atoms with E-state index in [0.29, 0.717) is 17.1 Å². The van der Waals surface area contributed by atoms with Crippen LogP contribution < -0.4 is 0 Å². The van der Waals surface area contributed by atoms with Gasteiger partial charge in [-0.05, 0) is 30.5 Å². The second-order valence-electron chi connectivity index (χ2n) is 4.92. The third-order valence-electron chi connectivity index (χ3n) is 3.60. The van der Waals surface area contributed by atoms with Crippen LogP contribution in [0, 0.1) is 0 Å². The second kappa shape index (κ2) is 5.74. The molecule has 0 aliphatic heterocycles. The van der Waals surface area contributed by atoms with Gasteiger partial charge in [0.1, 0.15) is 0 Å². The minimum absolute atomic E-state index is 0.262. The summed E-state index contributed by atoms with van der Waals surface area (Å²) in [6.45, 7) is 3.98. The van der Waals surface area contributed by atoms with Gasteiger partial charge in [0.05, 0.1) is 11.4 Å². The van der Waals surface area contributed by atoms with Crippen LogP contribution in [0.2, 0.25) is 5.02 Å². The van der Waals surface area contributed by atoms with Gasteiger partial charge < -0.3 is 5.11 Å². The molecule has 3 aromatic rings. The molecule has 0 unspecified atom stereocenters. The molecular weight excluding hydrogens is 320 g/mol. The van der Waals surface area contributed by atoms with E-state index < -0.39 is 5.97 Å². The summed E-state index contributed by atoms with van der Waals surface area (Å²) in [4.78, 5) is 18.1. The number of fused-ring (bicyclic) bond motifs is 1. The Hall–Kier alpha value is -1.85. The lowest BCUT2D eigenvalue weighted by molar-refractivity contribution is 0.0688. The third kappa shape index (κ3) is 2.30. The Morgan fingerprint density at radius 1 is 1.27 bits per heavy atom. The monoisotopic (exact) mass is 334 g/mol. The number of imidazole rings is 1. The van der Waals surface area contributed by atoms with Crippen LogP contribution in [0.15, 0.2) is 24.3 Å². The highest BCUT2D eigenvalue weighted by molar-refractivity contribution is 7.17. The third-order valence-corrected chi connectivity index (χ3v) is 5.03. The molecule has 0 spiro atoms. The normalized spacial score (nSPS) is 11.2. The van der Waals surface area contributed by atoms with Gasteiger partial charge in [-0.15, -0.1) is 11.3 Å². The number of aryl methyl sites for hydroxylation is 2. The number of hydrogen-bond acceptors (Lipinski definition) is 3. The first kappa shape index (κ1) is 15.1. The van der Waals surface area contributed by atoms with Gasteiger partial charge in [-0.3, -0.25) is 4.40 Å². The quantitative estimate of drug-likeness (QED) is 0.762. The number of carboxylic acids is 1. The maximum atomic E-state index is 11.7. The number of aromatic carboxylic acids is 1. The summed E-state index contributed by atoms with van der Waals surface area (Å²) >= 11 is 7.51. The van der Waals surface area contributed by atoms with E-state index in [2.05, 4.69) is 11.9 Å². The molecular formula is C16H15ClN2O2S. The van der Waals surface area contributed by atoms with Gasteiger partial charge in [0.25, 0.3) is 0 Å². The Morgan fingerprint density at radius 3 is 2.50 bits per heavy atom. The fraction of sp³-hybridized carbons (Fsp3) is 0.250. The zero-order valence-corrected chi connectivity index (χ0v) is 13.8. The van der Waals surface area contributed by atoms with Gasteiger partial charge in [0.15, 0.2) is 10.7 Å². The molecule has 0 saturated heterocycles. The lowest BCUT2D eigenvalue weighted by atomic mass is 10.1. The standard InChI is InChI=1S/C16H15ClN2O2S/c1-3-11-14(15(20)21)19-13(9-5-7-10(17)8-6-9)12(4-2)22-16(19)18-11/h5-8H,3-4H2,1-2H3,(H,20,21). The number of carbonyl (C=O) groups is 1. The maximum Gasteiger partial charge on any atom is 0.354 e. The van der Waals surface area contributed by atoms with Crippen molar-refractivity contribution in [3.8, 4) is 11.3 Å². The molecule has 114 valence electrons. The van der Waals surface area contributed by atoms with Crippen LogP contribution in [-0.4, -0.2) is 20.5 Å². The Kier molecular flexibility index (Phi) is 3.93. The van der Waals surface area contributed by atoms with Gasteiger partial charge in [-0.2, -0.15) is 0 Å². The van der Waals surface area contributed by atoms with Crippen LogP contribution in [0.25, 0.3) is 16.2 Å². The molecule has 1 N–H and O–H groups in total. The van der Waals surface area contributed by atoms with E-state index in [1.54, 1.807) is 15.7 Å². The molecule has 0 atom stereocenters. The number of benzene rings is 1. The van der Waals surface area contributed by atoms with Crippen LogP contribution in [0.3, 0.4) is 0 Å². The molecule has 0 saturated carbocycles. The topological polar surface area (TPSA) is 54.6 Å². The van der Waals surface area contributed by atoms with Gasteiger partial charge in [0, 0.05) is 9.90 Å². The summed E-state index contributed by atoms with van der Waals surface area (Å²) in [5.74, 6) is -0.944.